The molecule has 0 saturated carbocycles. The van der Waals surface area contributed by atoms with Gasteiger partial charge in [-0.1, -0.05) is 0 Å². The predicted molar refractivity (Wildman–Crippen MR) is 102 cm³/mol. The van der Waals surface area contributed by atoms with Crippen LogP contribution in [0.3, 0.4) is 0 Å². The lowest BCUT2D eigenvalue weighted by Crippen LogP contribution is -2.14. The molecular weight excluding hydrogens is 362 g/mol. The van der Waals surface area contributed by atoms with Gasteiger partial charge in [-0.3, -0.25) is 4.79 Å². The monoisotopic (exact) mass is 381 g/mol. The molecule has 144 valence electrons. The molecule has 0 radical (unpaired) electrons. The van der Waals surface area contributed by atoms with E-state index in [1.165, 1.54) is 24.5 Å². The van der Waals surface area contributed by atoms with E-state index in [-0.39, 0.29) is 17.2 Å². The predicted octanol–water partition coefficient (Wildman–Crippen LogP) is 2.71. The summed E-state index contributed by atoms with van der Waals surface area (Å²) >= 11 is 0. The number of ether oxygens (including phenoxy) is 2. The number of hydrogen-bond acceptors (Lipinski definition) is 7. The Hall–Kier alpha value is -3.39. The highest BCUT2D eigenvalue weighted by molar-refractivity contribution is 6.06. The summed E-state index contributed by atoms with van der Waals surface area (Å²) in [5.41, 5.74) is 0.364. The van der Waals surface area contributed by atoms with Gasteiger partial charge in [0.2, 0.25) is 5.88 Å². The van der Waals surface area contributed by atoms with Gasteiger partial charge in [0.05, 0.1) is 19.4 Å². The number of carbonyl (C=O) groups is 1. The smallest absolute Gasteiger partial charge is 0.278 e. The van der Waals surface area contributed by atoms with Crippen LogP contribution in [0.15, 0.2) is 42.7 Å². The Morgan fingerprint density at radius 3 is 2.89 bits per heavy atom. The van der Waals surface area contributed by atoms with Crippen LogP contribution >= 0.6 is 0 Å². The van der Waals surface area contributed by atoms with Crippen LogP contribution in [0.2, 0.25) is 0 Å². The number of amides is 1. The van der Waals surface area contributed by atoms with Crippen molar-refractivity contribution in [1.82, 2.24) is 9.97 Å². The minimum Gasteiger partial charge on any atom is -0.506 e. The molecule has 1 aromatic carbocycles. The van der Waals surface area contributed by atoms with Gasteiger partial charge in [0.1, 0.15) is 11.5 Å². The van der Waals surface area contributed by atoms with Gasteiger partial charge < -0.3 is 25.0 Å². The minimum absolute atomic E-state index is 0.0247. The SMILES string of the molecule is O=C(Nc1ccc2c(OCC3CCOC3)ncc(O)c2c1)c1ncccc1O. The van der Waals surface area contributed by atoms with Gasteiger partial charge in [-0.05, 0) is 36.8 Å². The highest BCUT2D eigenvalue weighted by Gasteiger charge is 2.18. The summed E-state index contributed by atoms with van der Waals surface area (Å²) in [5.74, 6) is -0.0401. The third-order valence-corrected chi connectivity index (χ3v) is 4.57. The van der Waals surface area contributed by atoms with E-state index in [0.29, 0.717) is 41.5 Å². The lowest BCUT2D eigenvalue weighted by Gasteiger charge is -2.13. The first-order valence-corrected chi connectivity index (χ1v) is 8.89. The lowest BCUT2D eigenvalue weighted by atomic mass is 10.1. The zero-order valence-corrected chi connectivity index (χ0v) is 15.0. The number of hydrogen-bond donors (Lipinski definition) is 3. The second kappa shape index (κ2) is 7.69. The summed E-state index contributed by atoms with van der Waals surface area (Å²) < 4.78 is 11.2. The van der Waals surface area contributed by atoms with Crippen molar-refractivity contribution in [3.05, 3.63) is 48.4 Å². The first-order valence-electron chi connectivity index (χ1n) is 8.89. The molecule has 1 unspecified atom stereocenters. The van der Waals surface area contributed by atoms with E-state index in [4.69, 9.17) is 9.47 Å². The number of fused-ring (bicyclic) bond motifs is 1. The molecule has 1 saturated heterocycles. The average Bonchev–Trinajstić information content (AvgIpc) is 3.22. The van der Waals surface area contributed by atoms with Crippen LogP contribution in [-0.4, -0.2) is 45.9 Å². The van der Waals surface area contributed by atoms with Gasteiger partial charge >= 0.3 is 0 Å². The summed E-state index contributed by atoms with van der Waals surface area (Å²) in [6.45, 7) is 1.91. The maximum atomic E-state index is 12.3. The van der Waals surface area contributed by atoms with Gasteiger partial charge in [-0.2, -0.15) is 0 Å². The Labute approximate surface area is 160 Å². The van der Waals surface area contributed by atoms with Crippen molar-refractivity contribution in [3.63, 3.8) is 0 Å². The third-order valence-electron chi connectivity index (χ3n) is 4.57. The fourth-order valence-electron chi connectivity index (χ4n) is 3.07. The summed E-state index contributed by atoms with van der Waals surface area (Å²) in [5, 5.41) is 23.8. The molecule has 0 spiro atoms. The molecule has 0 aliphatic carbocycles. The Kier molecular flexibility index (Phi) is 4.94. The number of nitrogens with one attached hydrogen (secondary N) is 1. The summed E-state index contributed by atoms with van der Waals surface area (Å²) in [4.78, 5) is 20.4. The van der Waals surface area contributed by atoms with Crippen LogP contribution in [0, 0.1) is 5.92 Å². The van der Waals surface area contributed by atoms with Crippen molar-refractivity contribution in [2.24, 2.45) is 5.92 Å². The highest BCUT2D eigenvalue weighted by Crippen LogP contribution is 2.33. The van der Waals surface area contributed by atoms with Crippen LogP contribution in [0.4, 0.5) is 5.69 Å². The van der Waals surface area contributed by atoms with Crippen LogP contribution in [-0.2, 0) is 4.74 Å². The van der Waals surface area contributed by atoms with Gasteiger partial charge in [0.25, 0.3) is 5.91 Å². The maximum Gasteiger partial charge on any atom is 0.278 e. The van der Waals surface area contributed by atoms with Gasteiger partial charge in [-0.15, -0.1) is 0 Å². The van der Waals surface area contributed by atoms with Crippen molar-refractivity contribution in [2.45, 2.75) is 6.42 Å². The number of anilines is 1. The zero-order valence-electron chi connectivity index (χ0n) is 15.0. The van der Waals surface area contributed by atoms with E-state index in [1.807, 2.05) is 0 Å². The van der Waals surface area contributed by atoms with E-state index >= 15 is 0 Å². The molecule has 2 aromatic heterocycles. The number of benzene rings is 1. The van der Waals surface area contributed by atoms with E-state index in [9.17, 15) is 15.0 Å². The number of rotatable bonds is 5. The molecule has 1 aliphatic rings. The van der Waals surface area contributed by atoms with Crippen molar-refractivity contribution < 1.29 is 24.5 Å². The van der Waals surface area contributed by atoms with Gasteiger partial charge in [0, 0.05) is 35.2 Å². The summed E-state index contributed by atoms with van der Waals surface area (Å²) in [7, 11) is 0. The molecule has 8 heteroatoms. The van der Waals surface area contributed by atoms with E-state index in [0.717, 1.165) is 13.0 Å². The third kappa shape index (κ3) is 3.67. The Morgan fingerprint density at radius 2 is 2.11 bits per heavy atom. The molecule has 28 heavy (non-hydrogen) atoms. The Morgan fingerprint density at radius 1 is 1.21 bits per heavy atom. The number of aromatic nitrogens is 2. The average molecular weight is 381 g/mol. The van der Waals surface area contributed by atoms with Gasteiger partial charge in [-0.25, -0.2) is 9.97 Å². The fraction of sp³-hybridized carbons (Fsp3) is 0.250. The largest absolute Gasteiger partial charge is 0.506 e. The van der Waals surface area contributed by atoms with Gasteiger partial charge in [0.15, 0.2) is 5.69 Å². The van der Waals surface area contributed by atoms with Crippen LogP contribution < -0.4 is 10.1 Å². The zero-order chi connectivity index (χ0) is 19.5. The lowest BCUT2D eigenvalue weighted by molar-refractivity contribution is 0.101. The molecule has 1 atom stereocenters. The molecule has 8 nitrogen and oxygen atoms in total. The van der Waals surface area contributed by atoms with E-state index < -0.39 is 5.91 Å². The summed E-state index contributed by atoms with van der Waals surface area (Å²) in [6.07, 6.45) is 3.69. The standard InChI is InChI=1S/C20H19N3O5/c24-16-2-1-6-21-18(16)19(26)23-13-3-4-14-15(8-13)17(25)9-22-20(14)28-11-12-5-7-27-10-12/h1-4,6,8-9,12,24-25H,5,7,10-11H2,(H,23,26). The molecule has 0 bridgehead atoms. The van der Waals surface area contributed by atoms with Crippen molar-refractivity contribution >= 4 is 22.4 Å². The van der Waals surface area contributed by atoms with Crippen molar-refractivity contribution in [2.75, 3.05) is 25.1 Å². The molecule has 1 amide bonds. The molecule has 3 aromatic rings. The maximum absolute atomic E-state index is 12.3. The molecule has 1 fully saturated rings. The molecular formula is C20H19N3O5. The first kappa shape index (κ1) is 18.0. The number of aromatic hydroxyl groups is 2. The molecule has 3 heterocycles. The second-order valence-corrected chi connectivity index (χ2v) is 6.57. The second-order valence-electron chi connectivity index (χ2n) is 6.57. The van der Waals surface area contributed by atoms with Crippen LogP contribution in [0.25, 0.3) is 10.8 Å². The Bertz CT molecular complexity index is 1020. The number of nitrogens with zero attached hydrogens (tertiary/aromatic N) is 2. The van der Waals surface area contributed by atoms with Crippen LogP contribution in [0.5, 0.6) is 17.4 Å². The van der Waals surface area contributed by atoms with Crippen molar-refractivity contribution in [1.29, 1.82) is 0 Å². The van der Waals surface area contributed by atoms with Crippen molar-refractivity contribution in [3.8, 4) is 17.4 Å². The molecule has 3 N–H and O–H groups in total. The molecule has 4 rings (SSSR count). The normalized spacial score (nSPS) is 16.2. The van der Waals surface area contributed by atoms with Crippen LogP contribution in [0.1, 0.15) is 16.9 Å². The topological polar surface area (TPSA) is 114 Å². The quantitative estimate of drug-likeness (QED) is 0.623. The van der Waals surface area contributed by atoms with E-state index in [2.05, 4.69) is 15.3 Å². The number of pyridine rings is 2. The minimum atomic E-state index is -0.552. The number of carbonyl (C=O) groups excluding carboxylic acids is 1. The fourth-order valence-corrected chi connectivity index (χ4v) is 3.07. The first-order chi connectivity index (χ1) is 13.6. The van der Waals surface area contributed by atoms with E-state index in [1.54, 1.807) is 18.2 Å². The summed E-state index contributed by atoms with van der Waals surface area (Å²) in [6, 6.07) is 7.93. The highest BCUT2D eigenvalue weighted by atomic mass is 16.5. The molecule has 1 aliphatic heterocycles. The Balaban J connectivity index is 1.57.